The first kappa shape index (κ1) is 14.3. The standard InChI is InChI=1S/C16H20N2O2/c1-3-16(4-2,15(19)20)11-18-14-9-10-17-13-8-6-5-7-12(13)14/h5-10H,3-4,11H2,1-2H3,(H,17,18)(H,19,20). The summed E-state index contributed by atoms with van der Waals surface area (Å²) in [6.07, 6.45) is 2.95. The van der Waals surface area contributed by atoms with Gasteiger partial charge in [0.25, 0.3) is 0 Å². The van der Waals surface area contributed by atoms with Crippen molar-refractivity contribution >= 4 is 22.6 Å². The second-order valence-electron chi connectivity index (χ2n) is 5.02. The molecule has 0 spiro atoms. The Hall–Kier alpha value is -2.10. The molecule has 0 bridgehead atoms. The number of benzene rings is 1. The zero-order valence-electron chi connectivity index (χ0n) is 11.9. The maximum Gasteiger partial charge on any atom is 0.311 e. The van der Waals surface area contributed by atoms with E-state index in [1.165, 1.54) is 0 Å². The number of hydrogen-bond donors (Lipinski definition) is 2. The van der Waals surface area contributed by atoms with Crippen LogP contribution in [0.25, 0.3) is 10.9 Å². The lowest BCUT2D eigenvalue weighted by molar-refractivity contribution is -0.148. The summed E-state index contributed by atoms with van der Waals surface area (Å²) in [5.74, 6) is -0.742. The number of carbonyl (C=O) groups is 1. The van der Waals surface area contributed by atoms with Crippen LogP contribution in [0.1, 0.15) is 26.7 Å². The van der Waals surface area contributed by atoms with E-state index in [0.717, 1.165) is 16.6 Å². The van der Waals surface area contributed by atoms with Crippen molar-refractivity contribution in [3.8, 4) is 0 Å². The molecule has 2 aromatic rings. The van der Waals surface area contributed by atoms with Gasteiger partial charge in [-0.05, 0) is 25.0 Å². The largest absolute Gasteiger partial charge is 0.481 e. The third kappa shape index (κ3) is 2.59. The normalized spacial score (nSPS) is 11.5. The zero-order chi connectivity index (χ0) is 14.6. The molecule has 0 radical (unpaired) electrons. The van der Waals surface area contributed by atoms with Crippen molar-refractivity contribution in [1.29, 1.82) is 0 Å². The molecule has 0 aliphatic heterocycles. The van der Waals surface area contributed by atoms with Gasteiger partial charge in [-0.2, -0.15) is 0 Å². The highest BCUT2D eigenvalue weighted by Crippen LogP contribution is 2.29. The summed E-state index contributed by atoms with van der Waals surface area (Å²) in [5.41, 5.74) is 1.12. The van der Waals surface area contributed by atoms with Crippen molar-refractivity contribution in [2.45, 2.75) is 26.7 Å². The Morgan fingerprint density at radius 1 is 1.25 bits per heavy atom. The highest BCUT2D eigenvalue weighted by Gasteiger charge is 2.34. The van der Waals surface area contributed by atoms with Gasteiger partial charge in [-0.3, -0.25) is 9.78 Å². The van der Waals surface area contributed by atoms with Crippen LogP contribution in [0.5, 0.6) is 0 Å². The van der Waals surface area contributed by atoms with Gasteiger partial charge in [-0.25, -0.2) is 0 Å². The molecule has 0 aliphatic carbocycles. The van der Waals surface area contributed by atoms with Crippen LogP contribution in [0.3, 0.4) is 0 Å². The van der Waals surface area contributed by atoms with E-state index in [9.17, 15) is 9.90 Å². The van der Waals surface area contributed by atoms with E-state index >= 15 is 0 Å². The number of nitrogens with one attached hydrogen (secondary N) is 1. The highest BCUT2D eigenvalue weighted by molar-refractivity contribution is 5.91. The Bertz CT molecular complexity index is 601. The lowest BCUT2D eigenvalue weighted by Crippen LogP contribution is -2.36. The molecule has 2 rings (SSSR count). The average molecular weight is 272 g/mol. The number of nitrogens with zero attached hydrogens (tertiary/aromatic N) is 1. The summed E-state index contributed by atoms with van der Waals surface area (Å²) in [4.78, 5) is 15.8. The first-order valence-corrected chi connectivity index (χ1v) is 6.94. The van der Waals surface area contributed by atoms with E-state index in [2.05, 4.69) is 10.3 Å². The van der Waals surface area contributed by atoms with Gasteiger partial charge in [0.15, 0.2) is 0 Å². The van der Waals surface area contributed by atoms with E-state index in [0.29, 0.717) is 19.4 Å². The number of para-hydroxylation sites is 1. The molecule has 2 N–H and O–H groups in total. The van der Waals surface area contributed by atoms with E-state index < -0.39 is 11.4 Å². The van der Waals surface area contributed by atoms with Crippen molar-refractivity contribution in [2.24, 2.45) is 5.41 Å². The summed E-state index contributed by atoms with van der Waals surface area (Å²) in [6.45, 7) is 4.26. The number of fused-ring (bicyclic) bond motifs is 1. The lowest BCUT2D eigenvalue weighted by atomic mass is 9.82. The molecule has 0 aliphatic rings. The van der Waals surface area contributed by atoms with Gasteiger partial charge >= 0.3 is 5.97 Å². The van der Waals surface area contributed by atoms with Crippen LogP contribution >= 0.6 is 0 Å². The number of rotatable bonds is 6. The van der Waals surface area contributed by atoms with Crippen LogP contribution in [0, 0.1) is 5.41 Å². The maximum atomic E-state index is 11.5. The smallest absolute Gasteiger partial charge is 0.311 e. The Labute approximate surface area is 118 Å². The summed E-state index contributed by atoms with van der Waals surface area (Å²) in [7, 11) is 0. The van der Waals surface area contributed by atoms with Crippen molar-refractivity contribution in [3.63, 3.8) is 0 Å². The van der Waals surface area contributed by atoms with Crippen LogP contribution in [0.2, 0.25) is 0 Å². The molecule has 4 nitrogen and oxygen atoms in total. The Kier molecular flexibility index (Phi) is 4.23. The lowest BCUT2D eigenvalue weighted by Gasteiger charge is -2.27. The second kappa shape index (κ2) is 5.90. The molecule has 0 saturated heterocycles. The maximum absolute atomic E-state index is 11.5. The van der Waals surface area contributed by atoms with Gasteiger partial charge in [-0.15, -0.1) is 0 Å². The van der Waals surface area contributed by atoms with Gasteiger partial charge in [0.05, 0.1) is 10.9 Å². The quantitative estimate of drug-likeness (QED) is 0.844. The van der Waals surface area contributed by atoms with Crippen molar-refractivity contribution in [2.75, 3.05) is 11.9 Å². The van der Waals surface area contributed by atoms with Crippen molar-refractivity contribution in [1.82, 2.24) is 4.98 Å². The third-order valence-electron chi connectivity index (χ3n) is 4.07. The molecule has 1 heterocycles. The first-order chi connectivity index (χ1) is 9.63. The fourth-order valence-electron chi connectivity index (χ4n) is 2.39. The number of hydrogen-bond acceptors (Lipinski definition) is 3. The van der Waals surface area contributed by atoms with Crippen molar-refractivity contribution in [3.05, 3.63) is 36.5 Å². The predicted octanol–water partition coefficient (Wildman–Crippen LogP) is 3.54. The number of carboxylic acids is 1. The van der Waals surface area contributed by atoms with Gasteiger partial charge in [0, 0.05) is 23.8 Å². The molecule has 0 unspecified atom stereocenters. The summed E-state index contributed by atoms with van der Waals surface area (Å²) in [6, 6.07) is 9.73. The van der Waals surface area contributed by atoms with E-state index in [1.54, 1.807) is 6.20 Å². The van der Waals surface area contributed by atoms with Crippen LogP contribution in [-0.4, -0.2) is 22.6 Å². The molecule has 0 saturated carbocycles. The monoisotopic (exact) mass is 272 g/mol. The number of carboxylic acid groups (broad SMARTS) is 1. The minimum absolute atomic E-state index is 0.420. The zero-order valence-corrected chi connectivity index (χ0v) is 11.9. The molecule has 0 fully saturated rings. The first-order valence-electron chi connectivity index (χ1n) is 6.94. The summed E-state index contributed by atoms with van der Waals surface area (Å²) < 4.78 is 0. The van der Waals surface area contributed by atoms with Gasteiger partial charge in [-0.1, -0.05) is 32.0 Å². The number of aliphatic carboxylic acids is 1. The highest BCUT2D eigenvalue weighted by atomic mass is 16.4. The van der Waals surface area contributed by atoms with Gasteiger partial charge < -0.3 is 10.4 Å². The Morgan fingerprint density at radius 2 is 1.95 bits per heavy atom. The number of aromatic nitrogens is 1. The van der Waals surface area contributed by atoms with Crippen LogP contribution in [-0.2, 0) is 4.79 Å². The number of pyridine rings is 1. The molecule has 1 aromatic heterocycles. The topological polar surface area (TPSA) is 62.2 Å². The molecule has 106 valence electrons. The van der Waals surface area contributed by atoms with E-state index in [4.69, 9.17) is 0 Å². The van der Waals surface area contributed by atoms with Crippen LogP contribution in [0.15, 0.2) is 36.5 Å². The Morgan fingerprint density at radius 3 is 2.60 bits per heavy atom. The predicted molar refractivity (Wildman–Crippen MR) is 80.9 cm³/mol. The second-order valence-corrected chi connectivity index (χ2v) is 5.02. The molecule has 0 atom stereocenters. The third-order valence-corrected chi connectivity index (χ3v) is 4.07. The van der Waals surface area contributed by atoms with Crippen LogP contribution < -0.4 is 5.32 Å². The van der Waals surface area contributed by atoms with Gasteiger partial charge in [0.2, 0.25) is 0 Å². The van der Waals surface area contributed by atoms with Crippen molar-refractivity contribution < 1.29 is 9.90 Å². The van der Waals surface area contributed by atoms with E-state index in [-0.39, 0.29) is 0 Å². The SMILES string of the molecule is CCC(CC)(CNc1ccnc2ccccc12)C(=O)O. The minimum Gasteiger partial charge on any atom is -0.481 e. The fraction of sp³-hybridized carbons (Fsp3) is 0.375. The molecular weight excluding hydrogens is 252 g/mol. The minimum atomic E-state index is -0.742. The van der Waals surface area contributed by atoms with Crippen LogP contribution in [0.4, 0.5) is 5.69 Å². The fourth-order valence-corrected chi connectivity index (χ4v) is 2.39. The van der Waals surface area contributed by atoms with Gasteiger partial charge in [0.1, 0.15) is 0 Å². The molecule has 20 heavy (non-hydrogen) atoms. The Balaban J connectivity index is 2.27. The number of anilines is 1. The molecular formula is C16H20N2O2. The molecule has 1 aromatic carbocycles. The van der Waals surface area contributed by atoms with E-state index in [1.807, 2.05) is 44.2 Å². The molecule has 4 heteroatoms. The summed E-state index contributed by atoms with van der Waals surface area (Å²) >= 11 is 0. The summed E-state index contributed by atoms with van der Waals surface area (Å²) in [5, 5.41) is 13.8. The average Bonchev–Trinajstić information content (AvgIpc) is 2.48. The molecule has 0 amide bonds.